The molecule has 0 spiro atoms. The van der Waals surface area contributed by atoms with Crippen molar-refractivity contribution in [3.05, 3.63) is 63.6 Å². The highest BCUT2D eigenvalue weighted by molar-refractivity contribution is 5.88. The van der Waals surface area contributed by atoms with Crippen molar-refractivity contribution in [2.24, 2.45) is 5.10 Å². The van der Waals surface area contributed by atoms with Gasteiger partial charge in [0.25, 0.3) is 5.69 Å². The van der Waals surface area contributed by atoms with Crippen molar-refractivity contribution in [1.29, 1.82) is 0 Å². The van der Waals surface area contributed by atoms with Crippen molar-refractivity contribution in [1.82, 2.24) is 4.98 Å². The summed E-state index contributed by atoms with van der Waals surface area (Å²) in [5, 5.41) is 14.7. The van der Waals surface area contributed by atoms with Crippen molar-refractivity contribution >= 4 is 29.0 Å². The van der Waals surface area contributed by atoms with E-state index < -0.39 is 4.92 Å². The third kappa shape index (κ3) is 3.71. The third-order valence-electron chi connectivity index (χ3n) is 4.75. The van der Waals surface area contributed by atoms with E-state index >= 15 is 0 Å². The highest BCUT2D eigenvalue weighted by Gasteiger charge is 2.30. The zero-order chi connectivity index (χ0) is 20.5. The van der Waals surface area contributed by atoms with Crippen LogP contribution in [0.1, 0.15) is 38.8 Å². The molecule has 8 heteroatoms. The molecule has 3 rings (SSSR count). The number of nitro groups is 1. The van der Waals surface area contributed by atoms with E-state index in [1.807, 2.05) is 6.92 Å². The van der Waals surface area contributed by atoms with Crippen LogP contribution in [0.3, 0.4) is 0 Å². The molecular weight excluding hydrogens is 361 g/mol. The summed E-state index contributed by atoms with van der Waals surface area (Å²) in [5.41, 5.74) is 5.63. The first-order valence-corrected chi connectivity index (χ1v) is 8.93. The first kappa shape index (κ1) is 19.5. The van der Waals surface area contributed by atoms with Gasteiger partial charge in [-0.05, 0) is 51.5 Å². The number of hydrogen-bond donors (Lipinski definition) is 1. The minimum atomic E-state index is -0.529. The molecule has 1 aromatic carbocycles. The van der Waals surface area contributed by atoms with Crippen LogP contribution in [0.5, 0.6) is 0 Å². The van der Waals surface area contributed by atoms with Crippen LogP contribution in [-0.4, -0.2) is 28.2 Å². The summed E-state index contributed by atoms with van der Waals surface area (Å²) in [6.45, 7) is 9.05. The predicted octanol–water partition coefficient (Wildman–Crippen LogP) is 4.60. The Hall–Kier alpha value is -3.29. The van der Waals surface area contributed by atoms with E-state index in [0.29, 0.717) is 11.4 Å². The van der Waals surface area contributed by atoms with Gasteiger partial charge in [-0.1, -0.05) is 6.08 Å². The van der Waals surface area contributed by atoms with Crippen LogP contribution in [0, 0.1) is 15.9 Å². The molecule has 0 aliphatic carbocycles. The average Bonchev–Trinajstić information content (AvgIpc) is 2.62. The molecule has 1 aromatic heterocycles. The molecule has 0 amide bonds. The minimum Gasteiger partial charge on any atom is -0.363 e. The second-order valence-electron chi connectivity index (χ2n) is 7.14. The standard InChI is InChI=1S/C20H22FN5O2/c1-5-25-18-9-17(21)14(8-16(18)13(2)10-20(25,3)4)11-23-24-19-7-6-15(12-22-19)26(27)28/h6-12H,5H2,1-4H3,(H,22,24)/b23-11-. The van der Waals surface area contributed by atoms with Crippen molar-refractivity contribution in [2.45, 2.75) is 33.2 Å². The van der Waals surface area contributed by atoms with Crippen LogP contribution in [0.25, 0.3) is 5.57 Å². The molecule has 2 aromatic rings. The van der Waals surface area contributed by atoms with Gasteiger partial charge < -0.3 is 4.90 Å². The number of likely N-dealkylation sites (N-methyl/N-ethyl adjacent to an activating group) is 1. The normalized spacial score (nSPS) is 15.3. The number of halogens is 1. The zero-order valence-corrected chi connectivity index (χ0v) is 16.2. The van der Waals surface area contributed by atoms with E-state index in [2.05, 4.69) is 47.3 Å². The molecule has 2 heterocycles. The van der Waals surface area contributed by atoms with Gasteiger partial charge in [0.05, 0.1) is 16.7 Å². The van der Waals surface area contributed by atoms with E-state index in [4.69, 9.17) is 0 Å². The smallest absolute Gasteiger partial charge is 0.287 e. The summed E-state index contributed by atoms with van der Waals surface area (Å²) in [5.74, 6) is -0.0416. The van der Waals surface area contributed by atoms with E-state index in [1.54, 1.807) is 12.1 Å². The Labute approximate surface area is 162 Å². The maximum Gasteiger partial charge on any atom is 0.287 e. The molecule has 1 aliphatic rings. The lowest BCUT2D eigenvalue weighted by molar-refractivity contribution is -0.385. The molecule has 7 nitrogen and oxygen atoms in total. The van der Waals surface area contributed by atoms with Gasteiger partial charge in [0.2, 0.25) is 0 Å². The van der Waals surface area contributed by atoms with Crippen molar-refractivity contribution in [2.75, 3.05) is 16.9 Å². The van der Waals surface area contributed by atoms with Crippen molar-refractivity contribution in [3.8, 4) is 0 Å². The molecule has 0 saturated carbocycles. The summed E-state index contributed by atoms with van der Waals surface area (Å²) >= 11 is 0. The van der Waals surface area contributed by atoms with Gasteiger partial charge in [-0.2, -0.15) is 5.10 Å². The molecule has 0 fully saturated rings. The fourth-order valence-corrected chi connectivity index (χ4v) is 3.52. The molecule has 1 N–H and O–H groups in total. The molecule has 0 unspecified atom stereocenters. The molecule has 0 saturated heterocycles. The highest BCUT2D eigenvalue weighted by atomic mass is 19.1. The van der Waals surface area contributed by atoms with E-state index in [1.165, 1.54) is 18.3 Å². The van der Waals surface area contributed by atoms with Gasteiger partial charge in [0.1, 0.15) is 17.8 Å². The fourth-order valence-electron chi connectivity index (χ4n) is 3.52. The van der Waals surface area contributed by atoms with Gasteiger partial charge in [-0.15, -0.1) is 0 Å². The number of anilines is 2. The number of allylic oxidation sites excluding steroid dienone is 1. The molecule has 0 bridgehead atoms. The number of rotatable bonds is 5. The van der Waals surface area contributed by atoms with Gasteiger partial charge in [0.15, 0.2) is 0 Å². The van der Waals surface area contributed by atoms with Crippen LogP contribution < -0.4 is 10.3 Å². The Bertz CT molecular complexity index is 967. The maximum absolute atomic E-state index is 14.7. The average molecular weight is 383 g/mol. The fraction of sp³-hybridized carbons (Fsp3) is 0.300. The van der Waals surface area contributed by atoms with Crippen molar-refractivity contribution in [3.63, 3.8) is 0 Å². The van der Waals surface area contributed by atoms with Crippen LogP contribution in [0.15, 0.2) is 41.6 Å². The largest absolute Gasteiger partial charge is 0.363 e. The quantitative estimate of drug-likeness (QED) is 0.464. The number of hydrazone groups is 1. The Morgan fingerprint density at radius 1 is 1.39 bits per heavy atom. The molecular formula is C20H22FN5O2. The number of hydrogen-bond acceptors (Lipinski definition) is 6. The van der Waals surface area contributed by atoms with Crippen LogP contribution >= 0.6 is 0 Å². The lowest BCUT2D eigenvalue weighted by Gasteiger charge is -2.42. The first-order chi connectivity index (χ1) is 13.2. The lowest BCUT2D eigenvalue weighted by atomic mass is 9.88. The third-order valence-corrected chi connectivity index (χ3v) is 4.75. The first-order valence-electron chi connectivity index (χ1n) is 8.93. The number of benzene rings is 1. The number of nitrogens with zero attached hydrogens (tertiary/aromatic N) is 4. The topological polar surface area (TPSA) is 83.7 Å². The monoisotopic (exact) mass is 383 g/mol. The summed E-state index contributed by atoms with van der Waals surface area (Å²) in [6.07, 6.45) is 4.69. The molecule has 28 heavy (non-hydrogen) atoms. The second kappa shape index (κ2) is 7.38. The SMILES string of the molecule is CCN1c2cc(F)c(/C=N\Nc3ccc([N+](=O)[O-])cn3)cc2C(C)=CC1(C)C. The molecule has 146 valence electrons. The lowest BCUT2D eigenvalue weighted by Crippen LogP contribution is -2.45. The number of aromatic nitrogens is 1. The van der Waals surface area contributed by atoms with Crippen molar-refractivity contribution < 1.29 is 9.31 Å². The highest BCUT2D eigenvalue weighted by Crippen LogP contribution is 2.39. The molecule has 1 aliphatic heterocycles. The Morgan fingerprint density at radius 2 is 2.14 bits per heavy atom. The summed E-state index contributed by atoms with van der Waals surface area (Å²) in [6, 6.07) is 6.08. The van der Waals surface area contributed by atoms with Crippen LogP contribution in [0.2, 0.25) is 0 Å². The number of nitrogens with one attached hydrogen (secondary N) is 1. The van der Waals surface area contributed by atoms with E-state index in [0.717, 1.165) is 29.6 Å². The van der Waals surface area contributed by atoms with Gasteiger partial charge in [-0.25, -0.2) is 9.37 Å². The predicted molar refractivity (Wildman–Crippen MR) is 109 cm³/mol. The maximum atomic E-state index is 14.7. The van der Waals surface area contributed by atoms with Crippen LogP contribution in [0.4, 0.5) is 21.6 Å². The molecule has 0 radical (unpaired) electrons. The Kier molecular flexibility index (Phi) is 5.13. The van der Waals surface area contributed by atoms with Gasteiger partial charge in [-0.3, -0.25) is 15.5 Å². The summed E-state index contributed by atoms with van der Waals surface area (Å²) < 4.78 is 14.7. The minimum absolute atomic E-state index is 0.110. The van der Waals surface area contributed by atoms with E-state index in [9.17, 15) is 14.5 Å². The molecule has 0 atom stereocenters. The van der Waals surface area contributed by atoms with Crippen LogP contribution in [-0.2, 0) is 0 Å². The summed E-state index contributed by atoms with van der Waals surface area (Å²) in [4.78, 5) is 16.2. The zero-order valence-electron chi connectivity index (χ0n) is 16.2. The van der Waals surface area contributed by atoms with Gasteiger partial charge >= 0.3 is 0 Å². The number of pyridine rings is 1. The summed E-state index contributed by atoms with van der Waals surface area (Å²) in [7, 11) is 0. The second-order valence-corrected chi connectivity index (χ2v) is 7.14. The van der Waals surface area contributed by atoms with Gasteiger partial charge in [0, 0.05) is 29.4 Å². The Balaban J connectivity index is 1.85. The number of fused-ring (bicyclic) bond motifs is 1. The van der Waals surface area contributed by atoms with E-state index in [-0.39, 0.29) is 17.0 Å². The Morgan fingerprint density at radius 3 is 2.75 bits per heavy atom.